The first-order valence-electron chi connectivity index (χ1n) is 9.14. The molecule has 1 heterocycles. The van der Waals surface area contributed by atoms with E-state index in [1.807, 2.05) is 0 Å². The lowest BCUT2D eigenvalue weighted by molar-refractivity contribution is 0.0591. The number of aliphatic hydroxyl groups is 1. The first kappa shape index (κ1) is 23.2. The molecule has 0 saturated carbocycles. The maximum Gasteiger partial charge on any atom is 0.0806 e. The van der Waals surface area contributed by atoms with Crippen molar-refractivity contribution in [3.63, 3.8) is 0 Å². The highest BCUT2D eigenvalue weighted by atomic mass is 16.5. The molecule has 3 heteroatoms. The molecule has 1 atom stereocenters. The Balaban J connectivity index is 0. The van der Waals surface area contributed by atoms with Gasteiger partial charge in [0.05, 0.1) is 12.7 Å². The third-order valence-electron chi connectivity index (χ3n) is 3.78. The zero-order chi connectivity index (χ0) is 16.3. The highest BCUT2D eigenvalue weighted by Gasteiger charge is 2.12. The van der Waals surface area contributed by atoms with Crippen molar-refractivity contribution in [2.24, 2.45) is 0 Å². The fourth-order valence-electron chi connectivity index (χ4n) is 2.14. The van der Waals surface area contributed by atoms with E-state index in [2.05, 4.69) is 39.5 Å². The van der Waals surface area contributed by atoms with Crippen LogP contribution in [-0.4, -0.2) is 49.0 Å². The molecule has 130 valence electrons. The van der Waals surface area contributed by atoms with Gasteiger partial charge in [-0.2, -0.15) is 0 Å². The molecule has 0 aromatic heterocycles. The monoisotopic (exact) mass is 303 g/mol. The van der Waals surface area contributed by atoms with Crippen LogP contribution in [0.5, 0.6) is 0 Å². The Labute approximate surface area is 134 Å². The van der Waals surface area contributed by atoms with E-state index in [4.69, 9.17) is 9.84 Å². The molecule has 1 rings (SSSR count). The number of rotatable bonds is 8. The van der Waals surface area contributed by atoms with Gasteiger partial charge in [-0.25, -0.2) is 0 Å². The molecule has 1 fully saturated rings. The second-order valence-electron chi connectivity index (χ2n) is 5.50. The smallest absolute Gasteiger partial charge is 0.0806 e. The second kappa shape index (κ2) is 19.9. The number of ether oxygens (including phenoxy) is 1. The highest BCUT2D eigenvalue weighted by Crippen LogP contribution is 2.09. The Kier molecular flexibility index (Phi) is 21.9. The van der Waals surface area contributed by atoms with Crippen molar-refractivity contribution in [1.29, 1.82) is 0 Å². The van der Waals surface area contributed by atoms with Gasteiger partial charge in [-0.3, -0.25) is 0 Å². The zero-order valence-corrected chi connectivity index (χ0v) is 15.4. The van der Waals surface area contributed by atoms with Crippen molar-refractivity contribution in [2.75, 3.05) is 32.8 Å². The van der Waals surface area contributed by atoms with Gasteiger partial charge in [0, 0.05) is 6.61 Å². The van der Waals surface area contributed by atoms with Gasteiger partial charge in [0.15, 0.2) is 0 Å². The quantitative estimate of drug-likeness (QED) is 0.671. The van der Waals surface area contributed by atoms with Crippen LogP contribution in [-0.2, 0) is 4.74 Å². The van der Waals surface area contributed by atoms with Gasteiger partial charge < -0.3 is 14.7 Å². The van der Waals surface area contributed by atoms with E-state index in [9.17, 15) is 0 Å². The van der Waals surface area contributed by atoms with Crippen molar-refractivity contribution in [3.8, 4) is 0 Å². The number of aliphatic hydroxyl groups excluding tert-OH is 1. The Morgan fingerprint density at radius 1 is 0.905 bits per heavy atom. The average molecular weight is 304 g/mol. The maximum absolute atomic E-state index is 8.44. The van der Waals surface area contributed by atoms with Gasteiger partial charge in [-0.05, 0) is 32.5 Å². The number of nitrogens with zero attached hydrogens (tertiary/aromatic N) is 1. The molecule has 1 unspecified atom stereocenters. The lowest BCUT2D eigenvalue weighted by Crippen LogP contribution is -2.21. The van der Waals surface area contributed by atoms with E-state index in [0.29, 0.717) is 0 Å². The van der Waals surface area contributed by atoms with E-state index >= 15 is 0 Å². The van der Waals surface area contributed by atoms with E-state index in [-0.39, 0.29) is 12.7 Å². The number of unbranched alkanes of at least 4 members (excludes halogenated alkanes) is 4. The molecule has 1 N–H and O–H groups in total. The molecule has 0 spiro atoms. The SMILES string of the molecule is CCCCCCC.CCN(CC)CC.OCC1CCCO1. The predicted octanol–water partition coefficient (Wildman–Crippen LogP) is 4.48. The van der Waals surface area contributed by atoms with Crippen molar-refractivity contribution in [3.05, 3.63) is 0 Å². The molecule has 0 aromatic rings. The molecular weight excluding hydrogens is 262 g/mol. The Hall–Kier alpha value is -0.120. The van der Waals surface area contributed by atoms with Crippen molar-refractivity contribution in [2.45, 2.75) is 85.7 Å². The molecular formula is C18H41NO2. The van der Waals surface area contributed by atoms with Crippen LogP contribution in [0, 0.1) is 0 Å². The maximum atomic E-state index is 8.44. The van der Waals surface area contributed by atoms with Gasteiger partial charge >= 0.3 is 0 Å². The second-order valence-corrected chi connectivity index (χ2v) is 5.50. The van der Waals surface area contributed by atoms with Crippen LogP contribution < -0.4 is 0 Å². The van der Waals surface area contributed by atoms with Gasteiger partial charge in [-0.1, -0.05) is 66.7 Å². The van der Waals surface area contributed by atoms with Crippen LogP contribution >= 0.6 is 0 Å². The van der Waals surface area contributed by atoms with Gasteiger partial charge in [0.2, 0.25) is 0 Å². The molecule has 3 nitrogen and oxygen atoms in total. The summed E-state index contributed by atoms with van der Waals surface area (Å²) >= 11 is 0. The molecule has 1 saturated heterocycles. The van der Waals surface area contributed by atoms with Crippen LogP contribution in [0.2, 0.25) is 0 Å². The highest BCUT2D eigenvalue weighted by molar-refractivity contribution is 4.61. The van der Waals surface area contributed by atoms with E-state index in [0.717, 1.165) is 19.4 Å². The molecule has 0 aromatic carbocycles. The first-order valence-corrected chi connectivity index (χ1v) is 9.14. The minimum atomic E-state index is 0.153. The van der Waals surface area contributed by atoms with Crippen molar-refractivity contribution < 1.29 is 9.84 Å². The summed E-state index contributed by atoms with van der Waals surface area (Å²) < 4.78 is 5.05. The lowest BCUT2D eigenvalue weighted by atomic mass is 10.2. The molecule has 0 aliphatic carbocycles. The van der Waals surface area contributed by atoms with Crippen LogP contribution in [0.25, 0.3) is 0 Å². The summed E-state index contributed by atoms with van der Waals surface area (Å²) in [4.78, 5) is 2.38. The summed E-state index contributed by atoms with van der Waals surface area (Å²) in [5, 5.41) is 8.44. The fourth-order valence-corrected chi connectivity index (χ4v) is 2.14. The fraction of sp³-hybridized carbons (Fsp3) is 1.00. The van der Waals surface area contributed by atoms with E-state index in [1.54, 1.807) is 0 Å². The van der Waals surface area contributed by atoms with Crippen molar-refractivity contribution in [1.82, 2.24) is 4.90 Å². The average Bonchev–Trinajstić information content (AvgIpc) is 3.04. The van der Waals surface area contributed by atoms with Crippen LogP contribution in [0.3, 0.4) is 0 Å². The minimum Gasteiger partial charge on any atom is -0.394 e. The molecule has 21 heavy (non-hydrogen) atoms. The summed E-state index contributed by atoms with van der Waals surface area (Å²) in [7, 11) is 0. The minimum absolute atomic E-state index is 0.153. The molecule has 1 aliphatic heterocycles. The lowest BCUT2D eigenvalue weighted by Gasteiger charge is -2.13. The number of hydrogen-bond acceptors (Lipinski definition) is 3. The summed E-state index contributed by atoms with van der Waals surface area (Å²) in [6, 6.07) is 0. The zero-order valence-electron chi connectivity index (χ0n) is 15.4. The standard InChI is InChI=1S/C7H16.C6H15N.C5H10O2/c1-3-5-7-6-4-2;1-4-7(5-2)6-3;6-4-5-2-1-3-7-5/h3-7H2,1-2H3;4-6H2,1-3H3;5-6H,1-4H2. The van der Waals surface area contributed by atoms with Crippen LogP contribution in [0.15, 0.2) is 0 Å². The van der Waals surface area contributed by atoms with Crippen LogP contribution in [0.1, 0.15) is 79.6 Å². The summed E-state index contributed by atoms with van der Waals surface area (Å²) in [6.07, 6.45) is 9.32. The van der Waals surface area contributed by atoms with Gasteiger partial charge in [0.1, 0.15) is 0 Å². The Morgan fingerprint density at radius 2 is 1.43 bits per heavy atom. The largest absolute Gasteiger partial charge is 0.394 e. The van der Waals surface area contributed by atoms with Gasteiger partial charge in [0.25, 0.3) is 0 Å². The summed E-state index contributed by atoms with van der Waals surface area (Å²) in [5.41, 5.74) is 0. The molecule has 0 bridgehead atoms. The molecule has 0 radical (unpaired) electrons. The summed E-state index contributed by atoms with van der Waals surface area (Å²) in [6.45, 7) is 15.6. The summed E-state index contributed by atoms with van der Waals surface area (Å²) in [5.74, 6) is 0. The topological polar surface area (TPSA) is 32.7 Å². The predicted molar refractivity (Wildman–Crippen MR) is 94.0 cm³/mol. The third-order valence-corrected chi connectivity index (χ3v) is 3.78. The first-order chi connectivity index (χ1) is 10.2. The normalized spacial score (nSPS) is 17.0. The molecule has 0 amide bonds. The third kappa shape index (κ3) is 17.8. The Morgan fingerprint density at radius 3 is 1.62 bits per heavy atom. The number of hydrogen-bond donors (Lipinski definition) is 1. The van der Waals surface area contributed by atoms with Crippen LogP contribution in [0.4, 0.5) is 0 Å². The molecule has 1 aliphatic rings. The van der Waals surface area contributed by atoms with Gasteiger partial charge in [-0.15, -0.1) is 0 Å². The van der Waals surface area contributed by atoms with E-state index in [1.165, 1.54) is 51.7 Å². The van der Waals surface area contributed by atoms with Crippen molar-refractivity contribution >= 4 is 0 Å². The van der Waals surface area contributed by atoms with E-state index < -0.39 is 0 Å². The Bertz CT molecular complexity index is 154.